The standard InChI is InChI=1S/C20H18O3S/c1-15-6-8-16(9-7-15)14-17-4-2-3-5-20(17)24(22,23)19-12-10-18(21)11-13-19/h2-13,21H,14H2,1H3. The number of aromatic hydroxyl groups is 1. The van der Waals surface area contributed by atoms with Crippen molar-refractivity contribution >= 4 is 9.84 Å². The van der Waals surface area contributed by atoms with E-state index >= 15 is 0 Å². The zero-order valence-corrected chi connectivity index (χ0v) is 14.1. The predicted octanol–water partition coefficient (Wildman–Crippen LogP) is 4.12. The molecule has 3 aromatic rings. The number of sulfone groups is 1. The van der Waals surface area contributed by atoms with Crippen molar-refractivity contribution < 1.29 is 13.5 Å². The second-order valence-corrected chi connectivity index (χ2v) is 7.69. The van der Waals surface area contributed by atoms with Crippen LogP contribution in [0.25, 0.3) is 0 Å². The van der Waals surface area contributed by atoms with E-state index in [4.69, 9.17) is 0 Å². The van der Waals surface area contributed by atoms with Crippen molar-refractivity contribution in [3.05, 3.63) is 89.5 Å². The van der Waals surface area contributed by atoms with Gasteiger partial charge in [0.25, 0.3) is 0 Å². The van der Waals surface area contributed by atoms with E-state index in [1.165, 1.54) is 29.8 Å². The number of aryl methyl sites for hydroxylation is 1. The Morgan fingerprint density at radius 1 is 0.833 bits per heavy atom. The van der Waals surface area contributed by atoms with Crippen molar-refractivity contribution in [3.8, 4) is 5.75 Å². The molecule has 3 aromatic carbocycles. The molecule has 0 amide bonds. The van der Waals surface area contributed by atoms with Gasteiger partial charge in [0.1, 0.15) is 5.75 Å². The van der Waals surface area contributed by atoms with E-state index in [2.05, 4.69) is 0 Å². The van der Waals surface area contributed by atoms with E-state index in [0.717, 1.165) is 11.1 Å². The zero-order valence-electron chi connectivity index (χ0n) is 13.3. The summed E-state index contributed by atoms with van der Waals surface area (Å²) < 4.78 is 25.9. The van der Waals surface area contributed by atoms with Crippen molar-refractivity contribution in [2.75, 3.05) is 0 Å². The van der Waals surface area contributed by atoms with Gasteiger partial charge in [0.2, 0.25) is 9.84 Å². The molecule has 0 aliphatic rings. The molecule has 122 valence electrons. The maximum Gasteiger partial charge on any atom is 0.206 e. The average molecular weight is 338 g/mol. The molecule has 0 atom stereocenters. The molecule has 0 bridgehead atoms. The number of hydrogen-bond acceptors (Lipinski definition) is 3. The summed E-state index contributed by atoms with van der Waals surface area (Å²) in [6.07, 6.45) is 0.549. The molecule has 0 fully saturated rings. The summed E-state index contributed by atoms with van der Waals surface area (Å²) in [7, 11) is -3.63. The first-order chi connectivity index (χ1) is 11.5. The van der Waals surface area contributed by atoms with Crippen molar-refractivity contribution in [1.29, 1.82) is 0 Å². The van der Waals surface area contributed by atoms with Crippen molar-refractivity contribution in [2.24, 2.45) is 0 Å². The number of rotatable bonds is 4. The van der Waals surface area contributed by atoms with Gasteiger partial charge in [-0.25, -0.2) is 8.42 Å². The second-order valence-electron chi connectivity index (χ2n) is 5.77. The molecule has 0 aliphatic heterocycles. The number of hydrogen-bond donors (Lipinski definition) is 1. The average Bonchev–Trinajstić information content (AvgIpc) is 2.58. The molecule has 3 nitrogen and oxygen atoms in total. The van der Waals surface area contributed by atoms with Gasteiger partial charge in [0.15, 0.2) is 0 Å². The largest absolute Gasteiger partial charge is 0.508 e. The molecule has 0 unspecified atom stereocenters. The fraction of sp³-hybridized carbons (Fsp3) is 0.100. The van der Waals surface area contributed by atoms with Crippen LogP contribution in [-0.4, -0.2) is 13.5 Å². The molecular weight excluding hydrogens is 320 g/mol. The van der Waals surface area contributed by atoms with E-state index in [1.54, 1.807) is 12.1 Å². The Labute approximate surface area is 142 Å². The molecule has 4 heteroatoms. The van der Waals surface area contributed by atoms with Gasteiger partial charge in [-0.1, -0.05) is 48.0 Å². The van der Waals surface area contributed by atoms with Gasteiger partial charge in [0.05, 0.1) is 9.79 Å². The molecule has 0 aromatic heterocycles. The van der Waals surface area contributed by atoms with E-state index in [0.29, 0.717) is 11.3 Å². The summed E-state index contributed by atoms with van der Waals surface area (Å²) in [6.45, 7) is 2.02. The summed E-state index contributed by atoms with van der Waals surface area (Å²) in [5, 5.41) is 9.37. The molecule has 1 N–H and O–H groups in total. The van der Waals surface area contributed by atoms with Gasteiger partial charge in [0, 0.05) is 0 Å². The number of benzene rings is 3. The van der Waals surface area contributed by atoms with E-state index in [-0.39, 0.29) is 10.6 Å². The Bertz CT molecular complexity index is 941. The molecule has 0 aliphatic carbocycles. The second kappa shape index (κ2) is 6.49. The Hall–Kier alpha value is -2.59. The first kappa shape index (κ1) is 16.3. The van der Waals surface area contributed by atoms with Crippen molar-refractivity contribution in [2.45, 2.75) is 23.1 Å². The SMILES string of the molecule is Cc1ccc(Cc2ccccc2S(=O)(=O)c2ccc(O)cc2)cc1. The highest BCUT2D eigenvalue weighted by molar-refractivity contribution is 7.91. The molecule has 0 saturated heterocycles. The quantitative estimate of drug-likeness (QED) is 0.778. The molecule has 0 saturated carbocycles. The van der Waals surface area contributed by atoms with Crippen LogP contribution in [0.2, 0.25) is 0 Å². The summed E-state index contributed by atoms with van der Waals surface area (Å²) in [5.74, 6) is 0.0434. The van der Waals surface area contributed by atoms with Crippen LogP contribution < -0.4 is 0 Å². The fourth-order valence-electron chi connectivity index (χ4n) is 2.59. The molecule has 0 spiro atoms. The van der Waals surface area contributed by atoms with Gasteiger partial charge in [-0.2, -0.15) is 0 Å². The van der Waals surface area contributed by atoms with Crippen LogP contribution >= 0.6 is 0 Å². The topological polar surface area (TPSA) is 54.4 Å². The van der Waals surface area contributed by atoms with Gasteiger partial charge < -0.3 is 5.11 Å². The highest BCUT2D eigenvalue weighted by Gasteiger charge is 2.21. The Morgan fingerprint density at radius 3 is 2.12 bits per heavy atom. The maximum atomic E-state index is 12.9. The zero-order chi connectivity index (χ0) is 17.2. The van der Waals surface area contributed by atoms with Gasteiger partial charge in [-0.3, -0.25) is 0 Å². The summed E-state index contributed by atoms with van der Waals surface area (Å²) >= 11 is 0. The minimum absolute atomic E-state index is 0.0434. The lowest BCUT2D eigenvalue weighted by Crippen LogP contribution is -2.06. The Balaban J connectivity index is 2.02. The Kier molecular flexibility index (Phi) is 4.40. The maximum absolute atomic E-state index is 12.9. The minimum atomic E-state index is -3.63. The highest BCUT2D eigenvalue weighted by atomic mass is 32.2. The monoisotopic (exact) mass is 338 g/mol. The molecule has 24 heavy (non-hydrogen) atoms. The summed E-state index contributed by atoms with van der Waals surface area (Å²) in [6, 6.07) is 20.7. The smallest absolute Gasteiger partial charge is 0.206 e. The molecule has 3 rings (SSSR count). The van der Waals surface area contributed by atoms with Gasteiger partial charge >= 0.3 is 0 Å². The first-order valence-corrected chi connectivity index (χ1v) is 9.13. The lowest BCUT2D eigenvalue weighted by atomic mass is 10.0. The van der Waals surface area contributed by atoms with Crippen molar-refractivity contribution in [1.82, 2.24) is 0 Å². The lowest BCUT2D eigenvalue weighted by Gasteiger charge is -2.11. The third-order valence-corrected chi connectivity index (χ3v) is 5.79. The van der Waals surface area contributed by atoms with Crippen LogP contribution in [-0.2, 0) is 16.3 Å². The minimum Gasteiger partial charge on any atom is -0.508 e. The van der Waals surface area contributed by atoms with Crippen molar-refractivity contribution in [3.63, 3.8) is 0 Å². The third-order valence-electron chi connectivity index (χ3n) is 3.92. The Morgan fingerprint density at radius 2 is 1.46 bits per heavy atom. The third kappa shape index (κ3) is 3.34. The van der Waals surface area contributed by atoms with Crippen LogP contribution in [0.15, 0.2) is 82.6 Å². The van der Waals surface area contributed by atoms with E-state index < -0.39 is 9.84 Å². The normalized spacial score (nSPS) is 11.4. The highest BCUT2D eigenvalue weighted by Crippen LogP contribution is 2.27. The predicted molar refractivity (Wildman–Crippen MR) is 94.0 cm³/mol. The molecule has 0 heterocycles. The first-order valence-electron chi connectivity index (χ1n) is 7.64. The lowest BCUT2D eigenvalue weighted by molar-refractivity contribution is 0.475. The van der Waals surface area contributed by atoms with Crippen LogP contribution in [0.3, 0.4) is 0 Å². The number of phenols is 1. The van der Waals surface area contributed by atoms with Crippen LogP contribution in [0.4, 0.5) is 0 Å². The van der Waals surface area contributed by atoms with Crippen LogP contribution in [0, 0.1) is 6.92 Å². The van der Waals surface area contributed by atoms with Crippen LogP contribution in [0.1, 0.15) is 16.7 Å². The van der Waals surface area contributed by atoms with Gasteiger partial charge in [-0.05, 0) is 54.8 Å². The van der Waals surface area contributed by atoms with Crippen LogP contribution in [0.5, 0.6) is 5.75 Å². The number of phenolic OH excluding ortho intramolecular Hbond substituents is 1. The summed E-state index contributed by atoms with van der Waals surface area (Å²) in [4.78, 5) is 0.480. The molecule has 0 radical (unpaired) electrons. The fourth-order valence-corrected chi connectivity index (χ4v) is 4.08. The van der Waals surface area contributed by atoms with Gasteiger partial charge in [-0.15, -0.1) is 0 Å². The van der Waals surface area contributed by atoms with E-state index in [1.807, 2.05) is 43.3 Å². The molecular formula is C20H18O3S. The summed E-state index contributed by atoms with van der Waals surface area (Å²) in [5.41, 5.74) is 2.99. The van der Waals surface area contributed by atoms with E-state index in [9.17, 15) is 13.5 Å².